The van der Waals surface area contributed by atoms with Crippen LogP contribution in [0, 0.1) is 12.7 Å². The van der Waals surface area contributed by atoms with Gasteiger partial charge in [0.05, 0.1) is 19.3 Å². The Bertz CT molecular complexity index is 665. The van der Waals surface area contributed by atoms with E-state index in [0.29, 0.717) is 23.5 Å². The van der Waals surface area contributed by atoms with Crippen molar-refractivity contribution in [2.75, 3.05) is 13.7 Å². The normalized spacial score (nSPS) is 10.3. The second kappa shape index (κ2) is 6.39. The van der Waals surface area contributed by atoms with Crippen molar-refractivity contribution in [3.05, 3.63) is 58.9 Å². The van der Waals surface area contributed by atoms with E-state index in [0.717, 1.165) is 5.56 Å². The summed E-state index contributed by atoms with van der Waals surface area (Å²) in [7, 11) is 1.37. The number of methoxy groups -OCH3 is 1. The number of carbonyl (C=O) groups excluding carboxylic acids is 1. The molecule has 0 radical (unpaired) electrons. The minimum Gasteiger partial charge on any atom is -0.494 e. The number of ketones is 1. The van der Waals surface area contributed by atoms with Crippen LogP contribution in [0.1, 0.15) is 28.4 Å². The first-order valence-corrected chi connectivity index (χ1v) is 6.68. The van der Waals surface area contributed by atoms with Gasteiger partial charge in [0.15, 0.2) is 17.3 Å². The van der Waals surface area contributed by atoms with Crippen molar-refractivity contribution < 1.29 is 18.7 Å². The second-order valence-corrected chi connectivity index (χ2v) is 4.61. The van der Waals surface area contributed by atoms with Gasteiger partial charge in [-0.05, 0) is 44.2 Å². The summed E-state index contributed by atoms with van der Waals surface area (Å²) in [5.41, 5.74) is 1.78. The van der Waals surface area contributed by atoms with Crippen LogP contribution in [0.15, 0.2) is 36.4 Å². The third-order valence-electron chi connectivity index (χ3n) is 3.09. The molecule has 0 aliphatic heterocycles. The van der Waals surface area contributed by atoms with Crippen molar-refractivity contribution in [2.24, 2.45) is 0 Å². The van der Waals surface area contributed by atoms with E-state index in [4.69, 9.17) is 9.47 Å². The number of halogens is 1. The smallest absolute Gasteiger partial charge is 0.196 e. The molecule has 0 spiro atoms. The summed E-state index contributed by atoms with van der Waals surface area (Å²) in [5.74, 6) is -0.147. The molecule has 0 fully saturated rings. The van der Waals surface area contributed by atoms with Crippen molar-refractivity contribution in [1.29, 1.82) is 0 Å². The molecule has 0 bridgehead atoms. The summed E-state index contributed by atoms with van der Waals surface area (Å²) in [6, 6.07) is 9.49. The maximum Gasteiger partial charge on any atom is 0.196 e. The zero-order chi connectivity index (χ0) is 15.4. The molecule has 0 amide bonds. The van der Waals surface area contributed by atoms with Crippen LogP contribution in [0.3, 0.4) is 0 Å². The first-order chi connectivity index (χ1) is 10.1. The van der Waals surface area contributed by atoms with E-state index < -0.39 is 5.82 Å². The Morgan fingerprint density at radius 1 is 1.14 bits per heavy atom. The highest BCUT2D eigenvalue weighted by Crippen LogP contribution is 2.26. The molecule has 2 rings (SSSR count). The van der Waals surface area contributed by atoms with Crippen LogP contribution in [-0.4, -0.2) is 19.5 Å². The van der Waals surface area contributed by atoms with Gasteiger partial charge in [0.2, 0.25) is 0 Å². The molecule has 2 aromatic rings. The zero-order valence-corrected chi connectivity index (χ0v) is 12.3. The highest BCUT2D eigenvalue weighted by molar-refractivity contribution is 6.11. The van der Waals surface area contributed by atoms with Gasteiger partial charge in [-0.1, -0.05) is 11.6 Å². The van der Waals surface area contributed by atoms with Crippen LogP contribution >= 0.6 is 0 Å². The number of aryl methyl sites for hydroxylation is 1. The first kappa shape index (κ1) is 15.0. The predicted molar refractivity (Wildman–Crippen MR) is 78.7 cm³/mol. The van der Waals surface area contributed by atoms with E-state index in [9.17, 15) is 9.18 Å². The van der Waals surface area contributed by atoms with Gasteiger partial charge in [-0.2, -0.15) is 0 Å². The number of hydrogen-bond donors (Lipinski definition) is 0. The van der Waals surface area contributed by atoms with Crippen LogP contribution in [0.25, 0.3) is 0 Å². The largest absolute Gasteiger partial charge is 0.494 e. The molecular weight excluding hydrogens is 271 g/mol. The number of rotatable bonds is 5. The standard InChI is InChI=1S/C17H17FO3/c1-4-21-15-8-5-11(2)9-13(15)17(19)12-6-7-14(18)16(10-12)20-3/h5-10H,4H2,1-3H3. The minimum absolute atomic E-state index is 0.0477. The van der Waals surface area contributed by atoms with Crippen molar-refractivity contribution in [1.82, 2.24) is 0 Å². The van der Waals surface area contributed by atoms with E-state index in [1.165, 1.54) is 25.3 Å². The Balaban J connectivity index is 2.46. The predicted octanol–water partition coefficient (Wildman–Crippen LogP) is 3.77. The average Bonchev–Trinajstić information content (AvgIpc) is 2.49. The lowest BCUT2D eigenvalue weighted by atomic mass is 10.0. The Labute approximate surface area is 123 Å². The molecule has 0 aromatic heterocycles. The quantitative estimate of drug-likeness (QED) is 0.786. The monoisotopic (exact) mass is 288 g/mol. The molecule has 0 aliphatic carbocycles. The molecule has 0 atom stereocenters. The Kier molecular flexibility index (Phi) is 4.58. The highest BCUT2D eigenvalue weighted by Gasteiger charge is 2.17. The molecule has 3 nitrogen and oxygen atoms in total. The fraction of sp³-hybridized carbons (Fsp3) is 0.235. The van der Waals surface area contributed by atoms with Gasteiger partial charge in [0.25, 0.3) is 0 Å². The van der Waals surface area contributed by atoms with Gasteiger partial charge in [0, 0.05) is 5.56 Å². The van der Waals surface area contributed by atoms with Crippen molar-refractivity contribution in [3.63, 3.8) is 0 Å². The van der Waals surface area contributed by atoms with Gasteiger partial charge >= 0.3 is 0 Å². The molecule has 0 unspecified atom stereocenters. The van der Waals surface area contributed by atoms with E-state index in [1.54, 1.807) is 12.1 Å². The van der Waals surface area contributed by atoms with Gasteiger partial charge in [-0.3, -0.25) is 4.79 Å². The average molecular weight is 288 g/mol. The molecule has 0 N–H and O–H groups in total. The second-order valence-electron chi connectivity index (χ2n) is 4.61. The Morgan fingerprint density at radius 2 is 1.90 bits per heavy atom. The lowest BCUT2D eigenvalue weighted by Gasteiger charge is -2.11. The topological polar surface area (TPSA) is 35.5 Å². The van der Waals surface area contributed by atoms with Crippen molar-refractivity contribution in [2.45, 2.75) is 13.8 Å². The van der Waals surface area contributed by atoms with Crippen LogP contribution in [0.4, 0.5) is 4.39 Å². The van der Waals surface area contributed by atoms with Crippen molar-refractivity contribution >= 4 is 5.78 Å². The van der Waals surface area contributed by atoms with Crippen LogP contribution < -0.4 is 9.47 Å². The van der Waals surface area contributed by atoms with Crippen LogP contribution in [0.5, 0.6) is 11.5 Å². The Hall–Kier alpha value is -2.36. The van der Waals surface area contributed by atoms with E-state index >= 15 is 0 Å². The summed E-state index contributed by atoms with van der Waals surface area (Å²) < 4.78 is 23.8. The molecule has 0 heterocycles. The maximum atomic E-state index is 13.4. The number of ether oxygens (including phenoxy) is 2. The van der Waals surface area contributed by atoms with Gasteiger partial charge in [0.1, 0.15) is 5.75 Å². The number of carbonyl (C=O) groups is 1. The zero-order valence-electron chi connectivity index (χ0n) is 12.3. The fourth-order valence-corrected chi connectivity index (χ4v) is 2.06. The van der Waals surface area contributed by atoms with Gasteiger partial charge in [-0.15, -0.1) is 0 Å². The minimum atomic E-state index is -0.497. The van der Waals surface area contributed by atoms with E-state index in [2.05, 4.69) is 0 Å². The molecule has 0 saturated carbocycles. The molecule has 21 heavy (non-hydrogen) atoms. The highest BCUT2D eigenvalue weighted by atomic mass is 19.1. The fourth-order valence-electron chi connectivity index (χ4n) is 2.06. The third-order valence-corrected chi connectivity index (χ3v) is 3.09. The summed E-state index contributed by atoms with van der Waals surface area (Å²) >= 11 is 0. The first-order valence-electron chi connectivity index (χ1n) is 6.68. The summed E-state index contributed by atoms with van der Waals surface area (Å²) in [4.78, 5) is 12.6. The molecular formula is C17H17FO3. The molecule has 0 aliphatic rings. The molecule has 2 aromatic carbocycles. The van der Waals surface area contributed by atoms with E-state index in [1.807, 2.05) is 19.9 Å². The summed E-state index contributed by atoms with van der Waals surface area (Å²) in [6.07, 6.45) is 0. The third kappa shape index (κ3) is 3.21. The molecule has 4 heteroatoms. The summed E-state index contributed by atoms with van der Waals surface area (Å²) in [6.45, 7) is 4.23. The number of hydrogen-bond acceptors (Lipinski definition) is 3. The number of benzene rings is 2. The summed E-state index contributed by atoms with van der Waals surface area (Å²) in [5, 5.41) is 0. The van der Waals surface area contributed by atoms with Crippen LogP contribution in [-0.2, 0) is 0 Å². The molecule has 110 valence electrons. The maximum absolute atomic E-state index is 13.4. The van der Waals surface area contributed by atoms with Gasteiger partial charge < -0.3 is 9.47 Å². The SMILES string of the molecule is CCOc1ccc(C)cc1C(=O)c1ccc(F)c(OC)c1. The van der Waals surface area contributed by atoms with Crippen LogP contribution in [0.2, 0.25) is 0 Å². The Morgan fingerprint density at radius 3 is 2.57 bits per heavy atom. The molecule has 0 saturated heterocycles. The van der Waals surface area contributed by atoms with E-state index in [-0.39, 0.29) is 11.5 Å². The van der Waals surface area contributed by atoms with Gasteiger partial charge in [-0.25, -0.2) is 4.39 Å². The lowest BCUT2D eigenvalue weighted by Crippen LogP contribution is -2.06. The van der Waals surface area contributed by atoms with Crippen molar-refractivity contribution in [3.8, 4) is 11.5 Å². The lowest BCUT2D eigenvalue weighted by molar-refractivity contribution is 0.103.